The van der Waals surface area contributed by atoms with E-state index in [4.69, 9.17) is 4.74 Å². The number of hydrogen-bond donors (Lipinski definition) is 1. The van der Waals surface area contributed by atoms with E-state index in [2.05, 4.69) is 48.3 Å². The fraction of sp³-hybridized carbons (Fsp3) is 0.647. The normalized spacial score (nSPS) is 15.7. The number of nitrogens with zero attached hydrogens (tertiary/aromatic N) is 1. The van der Waals surface area contributed by atoms with Gasteiger partial charge in [0.05, 0.1) is 13.2 Å². The molecule has 2 rings (SSSR count). The van der Waals surface area contributed by atoms with E-state index in [1.54, 1.807) is 0 Å². The Kier molecular flexibility index (Phi) is 6.19. The predicted molar refractivity (Wildman–Crippen MR) is 86.7 cm³/mol. The van der Waals surface area contributed by atoms with Crippen LogP contribution in [0.2, 0.25) is 0 Å². The van der Waals surface area contributed by atoms with E-state index in [0.717, 1.165) is 26.3 Å². The second kappa shape index (κ2) is 8.15. The minimum atomic E-state index is 0.610. The summed E-state index contributed by atoms with van der Waals surface area (Å²) in [5, 5.41) is 3.67. The van der Waals surface area contributed by atoms with Gasteiger partial charge in [-0.2, -0.15) is 0 Å². The average molecular weight is 276 g/mol. The predicted octanol–water partition coefficient (Wildman–Crippen LogP) is 3.90. The van der Waals surface area contributed by atoms with Crippen LogP contribution in [0, 0.1) is 0 Å². The highest BCUT2D eigenvalue weighted by atomic mass is 16.5. The zero-order chi connectivity index (χ0) is 14.2. The van der Waals surface area contributed by atoms with Crippen molar-refractivity contribution in [1.82, 2.24) is 0 Å². The van der Waals surface area contributed by atoms with Crippen LogP contribution in [0.1, 0.15) is 39.5 Å². The van der Waals surface area contributed by atoms with E-state index < -0.39 is 0 Å². The van der Waals surface area contributed by atoms with Crippen LogP contribution >= 0.6 is 0 Å². The van der Waals surface area contributed by atoms with Gasteiger partial charge in [0.15, 0.2) is 0 Å². The number of hydrogen-bond acceptors (Lipinski definition) is 3. The zero-order valence-electron chi connectivity index (χ0n) is 12.9. The summed E-state index contributed by atoms with van der Waals surface area (Å²) in [5.74, 6) is 0. The fourth-order valence-electron chi connectivity index (χ4n) is 2.81. The fourth-order valence-corrected chi connectivity index (χ4v) is 2.81. The number of ether oxygens (including phenoxy) is 1. The topological polar surface area (TPSA) is 24.5 Å². The summed E-state index contributed by atoms with van der Waals surface area (Å²) >= 11 is 0. The monoisotopic (exact) mass is 276 g/mol. The standard InChI is InChI=1S/C17H28N2O/c1-3-5-15(6-4-2)18-16-7-9-17(10-8-16)19-11-13-20-14-12-19/h7-10,15,18H,3-6,11-14H2,1-2H3. The van der Waals surface area contributed by atoms with Crippen molar-refractivity contribution < 1.29 is 4.74 Å². The largest absolute Gasteiger partial charge is 0.382 e. The van der Waals surface area contributed by atoms with Crippen molar-refractivity contribution in [2.75, 3.05) is 36.5 Å². The molecule has 1 heterocycles. The maximum absolute atomic E-state index is 5.40. The van der Waals surface area contributed by atoms with Crippen molar-refractivity contribution in [2.45, 2.75) is 45.6 Å². The number of benzene rings is 1. The van der Waals surface area contributed by atoms with Crippen LogP contribution in [-0.4, -0.2) is 32.3 Å². The zero-order valence-corrected chi connectivity index (χ0v) is 12.9. The summed E-state index contributed by atoms with van der Waals surface area (Å²) in [6.45, 7) is 8.20. The third-order valence-electron chi connectivity index (χ3n) is 3.89. The third-order valence-corrected chi connectivity index (χ3v) is 3.89. The molecule has 112 valence electrons. The highest BCUT2D eigenvalue weighted by Crippen LogP contribution is 2.21. The van der Waals surface area contributed by atoms with Crippen molar-refractivity contribution in [3.63, 3.8) is 0 Å². The van der Waals surface area contributed by atoms with Crippen LogP contribution in [0.4, 0.5) is 11.4 Å². The molecule has 0 aliphatic carbocycles. The summed E-state index contributed by atoms with van der Waals surface area (Å²) in [4.78, 5) is 2.39. The molecule has 1 saturated heterocycles. The number of morpholine rings is 1. The number of anilines is 2. The Hall–Kier alpha value is -1.22. The van der Waals surface area contributed by atoms with Crippen molar-refractivity contribution in [3.8, 4) is 0 Å². The Morgan fingerprint density at radius 1 is 1.05 bits per heavy atom. The van der Waals surface area contributed by atoms with Gasteiger partial charge in [0.1, 0.15) is 0 Å². The molecule has 0 spiro atoms. The first-order chi connectivity index (χ1) is 9.83. The SMILES string of the molecule is CCCC(CCC)Nc1ccc(N2CCOCC2)cc1. The van der Waals surface area contributed by atoms with Gasteiger partial charge in [-0.3, -0.25) is 0 Å². The van der Waals surface area contributed by atoms with Gasteiger partial charge < -0.3 is 15.0 Å². The summed E-state index contributed by atoms with van der Waals surface area (Å²) in [6.07, 6.45) is 4.98. The van der Waals surface area contributed by atoms with Gasteiger partial charge in [-0.15, -0.1) is 0 Å². The molecule has 0 amide bonds. The van der Waals surface area contributed by atoms with Crippen molar-refractivity contribution in [1.29, 1.82) is 0 Å². The van der Waals surface area contributed by atoms with Gasteiger partial charge in [-0.05, 0) is 37.1 Å². The molecule has 3 heteroatoms. The van der Waals surface area contributed by atoms with Crippen LogP contribution < -0.4 is 10.2 Å². The second-order valence-electron chi connectivity index (χ2n) is 5.56. The summed E-state index contributed by atoms with van der Waals surface area (Å²) in [6, 6.07) is 9.48. The van der Waals surface area contributed by atoms with E-state index in [9.17, 15) is 0 Å². The van der Waals surface area contributed by atoms with Gasteiger partial charge in [-0.1, -0.05) is 26.7 Å². The van der Waals surface area contributed by atoms with Crippen LogP contribution in [0.5, 0.6) is 0 Å². The van der Waals surface area contributed by atoms with Crippen molar-refractivity contribution in [2.24, 2.45) is 0 Å². The Labute approximate surface area is 123 Å². The summed E-state index contributed by atoms with van der Waals surface area (Å²) in [7, 11) is 0. The quantitative estimate of drug-likeness (QED) is 0.817. The Morgan fingerprint density at radius 2 is 1.65 bits per heavy atom. The van der Waals surface area contributed by atoms with E-state index in [-0.39, 0.29) is 0 Å². The lowest BCUT2D eigenvalue weighted by Gasteiger charge is -2.29. The molecular weight excluding hydrogens is 248 g/mol. The number of nitrogens with one attached hydrogen (secondary N) is 1. The Morgan fingerprint density at radius 3 is 2.20 bits per heavy atom. The van der Waals surface area contributed by atoms with Gasteiger partial charge in [0, 0.05) is 30.5 Å². The Balaban J connectivity index is 1.92. The molecule has 0 radical (unpaired) electrons. The first-order valence-electron chi connectivity index (χ1n) is 8.02. The lowest BCUT2D eigenvalue weighted by molar-refractivity contribution is 0.122. The molecule has 0 aromatic heterocycles. The first kappa shape index (κ1) is 15.2. The van der Waals surface area contributed by atoms with Crippen LogP contribution in [0.15, 0.2) is 24.3 Å². The molecule has 1 aromatic carbocycles. The molecule has 1 N–H and O–H groups in total. The lowest BCUT2D eigenvalue weighted by Crippen LogP contribution is -2.36. The molecular formula is C17H28N2O. The van der Waals surface area contributed by atoms with Crippen LogP contribution in [0.25, 0.3) is 0 Å². The molecule has 0 atom stereocenters. The van der Waals surface area contributed by atoms with Crippen LogP contribution in [-0.2, 0) is 4.74 Å². The first-order valence-corrected chi connectivity index (χ1v) is 8.02. The molecule has 1 aliphatic heterocycles. The summed E-state index contributed by atoms with van der Waals surface area (Å²) < 4.78 is 5.40. The van der Waals surface area contributed by atoms with Gasteiger partial charge in [-0.25, -0.2) is 0 Å². The van der Waals surface area contributed by atoms with Gasteiger partial charge in [0.25, 0.3) is 0 Å². The molecule has 1 aromatic rings. The number of rotatable bonds is 7. The molecule has 0 unspecified atom stereocenters. The van der Waals surface area contributed by atoms with Crippen molar-refractivity contribution in [3.05, 3.63) is 24.3 Å². The molecule has 0 bridgehead atoms. The van der Waals surface area contributed by atoms with E-state index in [1.165, 1.54) is 37.1 Å². The molecule has 1 aliphatic rings. The lowest BCUT2D eigenvalue weighted by atomic mass is 10.1. The van der Waals surface area contributed by atoms with Crippen LogP contribution in [0.3, 0.4) is 0 Å². The Bertz CT molecular complexity index is 365. The molecule has 1 fully saturated rings. The minimum absolute atomic E-state index is 0.610. The second-order valence-corrected chi connectivity index (χ2v) is 5.56. The maximum Gasteiger partial charge on any atom is 0.0642 e. The highest BCUT2D eigenvalue weighted by molar-refractivity contribution is 5.55. The van der Waals surface area contributed by atoms with Crippen molar-refractivity contribution >= 4 is 11.4 Å². The van der Waals surface area contributed by atoms with Gasteiger partial charge >= 0.3 is 0 Å². The van der Waals surface area contributed by atoms with Gasteiger partial charge in [0.2, 0.25) is 0 Å². The van der Waals surface area contributed by atoms with E-state index in [1.807, 2.05) is 0 Å². The average Bonchev–Trinajstić information content (AvgIpc) is 2.49. The molecule has 20 heavy (non-hydrogen) atoms. The summed E-state index contributed by atoms with van der Waals surface area (Å²) in [5.41, 5.74) is 2.55. The third kappa shape index (κ3) is 4.41. The van der Waals surface area contributed by atoms with E-state index >= 15 is 0 Å². The van der Waals surface area contributed by atoms with E-state index in [0.29, 0.717) is 6.04 Å². The minimum Gasteiger partial charge on any atom is -0.382 e. The molecule has 3 nitrogen and oxygen atoms in total. The molecule has 0 saturated carbocycles. The smallest absolute Gasteiger partial charge is 0.0642 e. The highest BCUT2D eigenvalue weighted by Gasteiger charge is 2.11. The maximum atomic E-state index is 5.40.